The van der Waals surface area contributed by atoms with Gasteiger partial charge in [0.15, 0.2) is 0 Å². The summed E-state index contributed by atoms with van der Waals surface area (Å²) in [7, 11) is 0. The molecular weight excluding hydrogens is 253 g/mol. The summed E-state index contributed by atoms with van der Waals surface area (Å²) in [5.74, 6) is -0.327. The van der Waals surface area contributed by atoms with Crippen molar-refractivity contribution in [1.82, 2.24) is 0 Å². The van der Waals surface area contributed by atoms with Crippen LogP contribution in [-0.4, -0.2) is 12.1 Å². The minimum atomic E-state index is -0.327. The Morgan fingerprint density at radius 3 is 2.67 bits per heavy atom. The van der Waals surface area contributed by atoms with E-state index in [4.69, 9.17) is 22.1 Å². The maximum absolute atomic E-state index is 12.9. The van der Waals surface area contributed by atoms with Crippen LogP contribution in [0.5, 0.6) is 0 Å². The molecule has 0 amide bonds. The molecule has 0 heterocycles. The minimum Gasteiger partial charge on any atom is -0.375 e. The van der Waals surface area contributed by atoms with Crippen molar-refractivity contribution in [1.29, 1.82) is 0 Å². The first-order chi connectivity index (χ1) is 8.59. The smallest absolute Gasteiger partial charge is 0.124 e. The first kappa shape index (κ1) is 13.8. The van der Waals surface area contributed by atoms with Gasteiger partial charge in [-0.1, -0.05) is 36.9 Å². The molecule has 0 aromatic heterocycles. The molecule has 1 aliphatic carbocycles. The van der Waals surface area contributed by atoms with Gasteiger partial charge in [-0.25, -0.2) is 4.39 Å². The summed E-state index contributed by atoms with van der Waals surface area (Å²) in [6.07, 6.45) is 5.66. The molecule has 4 heteroatoms. The minimum absolute atomic E-state index is 0.190. The predicted molar refractivity (Wildman–Crippen MR) is 71.1 cm³/mol. The van der Waals surface area contributed by atoms with Crippen LogP contribution in [0.15, 0.2) is 18.2 Å². The van der Waals surface area contributed by atoms with Gasteiger partial charge in [0.25, 0.3) is 0 Å². The Hall–Kier alpha value is -0.640. The van der Waals surface area contributed by atoms with Crippen molar-refractivity contribution in [3.8, 4) is 0 Å². The quantitative estimate of drug-likeness (QED) is 0.907. The van der Waals surface area contributed by atoms with Gasteiger partial charge in [-0.05, 0) is 30.5 Å². The molecule has 1 aliphatic rings. The maximum atomic E-state index is 12.9. The van der Waals surface area contributed by atoms with Gasteiger partial charge >= 0.3 is 0 Å². The van der Waals surface area contributed by atoms with Crippen molar-refractivity contribution in [2.75, 3.05) is 6.61 Å². The number of hydrogen-bond acceptors (Lipinski definition) is 2. The van der Waals surface area contributed by atoms with Gasteiger partial charge in [0.2, 0.25) is 0 Å². The molecule has 18 heavy (non-hydrogen) atoms. The lowest BCUT2D eigenvalue weighted by Crippen LogP contribution is -2.46. The SMILES string of the molecule is NC1(COCc2ccc(F)cc2Cl)CCCCC1. The van der Waals surface area contributed by atoms with Crippen LogP contribution in [0, 0.1) is 5.82 Å². The monoisotopic (exact) mass is 271 g/mol. The maximum Gasteiger partial charge on any atom is 0.124 e. The van der Waals surface area contributed by atoms with Crippen LogP contribution in [0.4, 0.5) is 4.39 Å². The van der Waals surface area contributed by atoms with E-state index in [2.05, 4.69) is 0 Å². The Bertz CT molecular complexity index is 405. The zero-order valence-electron chi connectivity index (χ0n) is 10.4. The van der Waals surface area contributed by atoms with Gasteiger partial charge in [0, 0.05) is 10.6 Å². The van der Waals surface area contributed by atoms with Crippen LogP contribution in [0.25, 0.3) is 0 Å². The summed E-state index contributed by atoms with van der Waals surface area (Å²) < 4.78 is 18.5. The molecular formula is C14H19ClFNO. The van der Waals surface area contributed by atoms with E-state index in [-0.39, 0.29) is 11.4 Å². The molecule has 1 saturated carbocycles. The standard InChI is InChI=1S/C14H19ClFNO/c15-13-8-12(16)5-4-11(13)9-18-10-14(17)6-2-1-3-7-14/h4-5,8H,1-3,6-7,9-10,17H2. The largest absolute Gasteiger partial charge is 0.375 e. The second-order valence-electron chi connectivity index (χ2n) is 5.15. The molecule has 0 radical (unpaired) electrons. The van der Waals surface area contributed by atoms with Gasteiger partial charge < -0.3 is 10.5 Å². The van der Waals surface area contributed by atoms with Gasteiger partial charge in [-0.2, -0.15) is 0 Å². The Morgan fingerprint density at radius 2 is 2.00 bits per heavy atom. The van der Waals surface area contributed by atoms with E-state index in [0.717, 1.165) is 18.4 Å². The molecule has 1 aromatic rings. The van der Waals surface area contributed by atoms with E-state index >= 15 is 0 Å². The van der Waals surface area contributed by atoms with Gasteiger partial charge in [0.05, 0.1) is 13.2 Å². The average Bonchev–Trinajstić information content (AvgIpc) is 2.33. The molecule has 1 fully saturated rings. The second kappa shape index (κ2) is 6.00. The zero-order chi connectivity index (χ0) is 13.0. The van der Waals surface area contributed by atoms with Crippen molar-refractivity contribution < 1.29 is 9.13 Å². The normalized spacial score (nSPS) is 18.8. The van der Waals surface area contributed by atoms with E-state index in [0.29, 0.717) is 18.2 Å². The first-order valence-electron chi connectivity index (χ1n) is 6.40. The zero-order valence-corrected chi connectivity index (χ0v) is 11.2. The summed E-state index contributed by atoms with van der Waals surface area (Å²) in [6.45, 7) is 0.929. The number of benzene rings is 1. The van der Waals surface area contributed by atoms with E-state index < -0.39 is 0 Å². The Labute approximate surface area is 112 Å². The lowest BCUT2D eigenvalue weighted by Gasteiger charge is -2.33. The lowest BCUT2D eigenvalue weighted by atomic mass is 9.83. The topological polar surface area (TPSA) is 35.2 Å². The third-order valence-corrected chi connectivity index (χ3v) is 3.86. The fraction of sp³-hybridized carbons (Fsp3) is 0.571. The highest BCUT2D eigenvalue weighted by Gasteiger charge is 2.27. The Morgan fingerprint density at radius 1 is 1.28 bits per heavy atom. The molecule has 0 atom stereocenters. The van der Waals surface area contributed by atoms with Gasteiger partial charge in [0.1, 0.15) is 5.82 Å². The van der Waals surface area contributed by atoms with Gasteiger partial charge in [-0.3, -0.25) is 0 Å². The van der Waals surface area contributed by atoms with Gasteiger partial charge in [-0.15, -0.1) is 0 Å². The molecule has 1 aromatic carbocycles. The van der Waals surface area contributed by atoms with Crippen LogP contribution in [0.2, 0.25) is 5.02 Å². The molecule has 2 N–H and O–H groups in total. The van der Waals surface area contributed by atoms with Crippen LogP contribution in [-0.2, 0) is 11.3 Å². The highest BCUT2D eigenvalue weighted by atomic mass is 35.5. The second-order valence-corrected chi connectivity index (χ2v) is 5.56. The van der Waals surface area contributed by atoms with E-state index in [9.17, 15) is 4.39 Å². The fourth-order valence-corrected chi connectivity index (χ4v) is 2.63. The number of halogens is 2. The third-order valence-electron chi connectivity index (χ3n) is 3.51. The number of nitrogens with two attached hydrogens (primary N) is 1. The highest BCUT2D eigenvalue weighted by Crippen LogP contribution is 2.26. The first-order valence-corrected chi connectivity index (χ1v) is 6.77. The highest BCUT2D eigenvalue weighted by molar-refractivity contribution is 6.31. The summed E-state index contributed by atoms with van der Waals surface area (Å²) in [5.41, 5.74) is 6.88. The summed E-state index contributed by atoms with van der Waals surface area (Å²) in [5, 5.41) is 0.407. The molecule has 2 rings (SSSR count). The predicted octanol–water partition coefficient (Wildman–Crippen LogP) is 3.66. The number of hydrogen-bond donors (Lipinski definition) is 1. The molecule has 0 bridgehead atoms. The third kappa shape index (κ3) is 3.67. The van der Waals surface area contributed by atoms with E-state index in [1.54, 1.807) is 6.07 Å². The van der Waals surface area contributed by atoms with Crippen molar-refractivity contribution in [3.05, 3.63) is 34.6 Å². The molecule has 0 unspecified atom stereocenters. The van der Waals surface area contributed by atoms with Crippen molar-refractivity contribution >= 4 is 11.6 Å². The number of rotatable bonds is 4. The van der Waals surface area contributed by atoms with E-state index in [1.807, 2.05) is 0 Å². The average molecular weight is 272 g/mol. The lowest BCUT2D eigenvalue weighted by molar-refractivity contribution is 0.0575. The van der Waals surface area contributed by atoms with Crippen LogP contribution in [0.1, 0.15) is 37.7 Å². The molecule has 0 aliphatic heterocycles. The molecule has 0 saturated heterocycles. The summed E-state index contributed by atoms with van der Waals surface area (Å²) in [4.78, 5) is 0. The summed E-state index contributed by atoms with van der Waals surface area (Å²) in [6, 6.07) is 4.35. The molecule has 100 valence electrons. The number of ether oxygens (including phenoxy) is 1. The van der Waals surface area contributed by atoms with Crippen LogP contribution >= 0.6 is 11.6 Å². The Kier molecular flexibility index (Phi) is 4.60. The fourth-order valence-electron chi connectivity index (χ4n) is 2.40. The van der Waals surface area contributed by atoms with Crippen molar-refractivity contribution in [2.24, 2.45) is 5.73 Å². The molecule has 0 spiro atoms. The van der Waals surface area contributed by atoms with Crippen LogP contribution in [0.3, 0.4) is 0 Å². The Balaban J connectivity index is 1.84. The van der Waals surface area contributed by atoms with E-state index in [1.165, 1.54) is 31.4 Å². The van der Waals surface area contributed by atoms with Crippen LogP contribution < -0.4 is 5.73 Å². The van der Waals surface area contributed by atoms with Crippen molar-refractivity contribution in [3.63, 3.8) is 0 Å². The van der Waals surface area contributed by atoms with Crippen molar-refractivity contribution in [2.45, 2.75) is 44.2 Å². The molecule has 2 nitrogen and oxygen atoms in total. The summed E-state index contributed by atoms with van der Waals surface area (Å²) >= 11 is 5.93.